The molecule has 0 bridgehead atoms. The normalized spacial score (nSPS) is 11.1. The van der Waals surface area contributed by atoms with E-state index in [2.05, 4.69) is 19.1 Å². The van der Waals surface area contributed by atoms with Gasteiger partial charge in [0.15, 0.2) is 20.5 Å². The topological polar surface area (TPSA) is 66.1 Å². The van der Waals surface area contributed by atoms with Gasteiger partial charge < -0.3 is 4.74 Å². The van der Waals surface area contributed by atoms with Crippen LogP contribution in [-0.4, -0.2) is 32.3 Å². The van der Waals surface area contributed by atoms with Crippen LogP contribution in [0.1, 0.15) is 29.8 Å². The number of Topliss-reactive ketones (excluding diaryl/α,β-unsaturated/α-hetero) is 1. The van der Waals surface area contributed by atoms with E-state index < -0.39 is 0 Å². The van der Waals surface area contributed by atoms with Gasteiger partial charge >= 0.3 is 0 Å². The molecule has 192 valence electrons. The molecule has 0 amide bonds. The molecule has 5 aromatic rings. The van der Waals surface area contributed by atoms with E-state index >= 15 is 0 Å². The van der Waals surface area contributed by atoms with Crippen LogP contribution >= 0.6 is 35.3 Å². The van der Waals surface area contributed by atoms with Gasteiger partial charge in [0.25, 0.3) is 5.56 Å². The van der Waals surface area contributed by atoms with Gasteiger partial charge in [-0.3, -0.25) is 18.7 Å². The second-order valence-electron chi connectivity index (χ2n) is 8.42. The molecule has 0 aliphatic heterocycles. The van der Waals surface area contributed by atoms with Gasteiger partial charge in [0.2, 0.25) is 0 Å². The number of nitrogens with zero attached hydrogens (tertiary/aromatic N) is 3. The van der Waals surface area contributed by atoms with Crippen molar-refractivity contribution < 1.29 is 9.53 Å². The Kier molecular flexibility index (Phi) is 7.87. The van der Waals surface area contributed by atoms with Gasteiger partial charge in [0.1, 0.15) is 10.4 Å². The highest BCUT2D eigenvalue weighted by Crippen LogP contribution is 2.28. The first-order valence-electron chi connectivity index (χ1n) is 12.2. The fourth-order valence-electron chi connectivity index (χ4n) is 4.06. The lowest BCUT2D eigenvalue weighted by Crippen LogP contribution is -2.22. The fourth-order valence-corrected chi connectivity index (χ4v) is 6.27. The van der Waals surface area contributed by atoms with Crippen molar-refractivity contribution in [3.8, 4) is 17.1 Å². The van der Waals surface area contributed by atoms with E-state index in [9.17, 15) is 9.59 Å². The number of carbonyl (C=O) groups excluding carboxylic acids is 1. The molecule has 0 spiro atoms. The van der Waals surface area contributed by atoms with E-state index in [1.165, 1.54) is 28.7 Å². The number of hydrogen-bond donors (Lipinski definition) is 0. The highest BCUT2D eigenvalue weighted by molar-refractivity contribution is 7.99. The predicted octanol–water partition coefficient (Wildman–Crippen LogP) is 6.90. The molecule has 0 N–H and O–H groups in total. The molecule has 9 heteroatoms. The molecule has 0 fully saturated rings. The molecule has 0 aliphatic rings. The number of ketones is 1. The lowest BCUT2D eigenvalue weighted by Gasteiger charge is -2.13. The number of ether oxygens (including phenoxy) is 1. The highest BCUT2D eigenvalue weighted by atomic mass is 32.2. The summed E-state index contributed by atoms with van der Waals surface area (Å²) < 4.78 is 9.96. The van der Waals surface area contributed by atoms with Gasteiger partial charge in [-0.2, -0.15) is 0 Å². The number of hydrogen-bond acceptors (Lipinski definition) is 7. The van der Waals surface area contributed by atoms with Crippen LogP contribution < -0.4 is 10.3 Å². The lowest BCUT2D eigenvalue weighted by molar-refractivity contribution is 0.102. The second kappa shape index (κ2) is 11.5. The maximum Gasteiger partial charge on any atom is 0.278 e. The Morgan fingerprint density at radius 3 is 2.26 bits per heavy atom. The SMILES string of the molecule is CCOc1ccc(-n2c(SCC(=O)c3ccccc3)nc3c(sc(=S)n3-c3ccc(CC)cc3)c2=O)cc1. The summed E-state index contributed by atoms with van der Waals surface area (Å²) in [6, 6.07) is 24.5. The zero-order valence-electron chi connectivity index (χ0n) is 20.9. The van der Waals surface area contributed by atoms with Crippen molar-refractivity contribution in [1.29, 1.82) is 0 Å². The minimum Gasteiger partial charge on any atom is -0.494 e. The summed E-state index contributed by atoms with van der Waals surface area (Å²) in [5, 5.41) is 0.419. The summed E-state index contributed by atoms with van der Waals surface area (Å²) in [5.74, 6) is 0.805. The fraction of sp³-hybridized carbons (Fsp3) is 0.172. The number of aryl methyl sites for hydroxylation is 1. The molecule has 5 rings (SSSR count). The molecule has 2 aromatic heterocycles. The first-order valence-corrected chi connectivity index (χ1v) is 14.4. The summed E-state index contributed by atoms with van der Waals surface area (Å²) in [4.78, 5) is 31.8. The van der Waals surface area contributed by atoms with Crippen LogP contribution in [0.4, 0.5) is 0 Å². The standard InChI is InChI=1S/C29H25N3O3S3/c1-3-19-10-12-21(13-11-19)31-26-25(38-29(31)36)27(34)32(22-14-16-23(17-15-22)35-4-2)28(30-26)37-18-24(33)20-8-6-5-7-9-20/h5-17H,3-4,18H2,1-2H3. The summed E-state index contributed by atoms with van der Waals surface area (Å²) in [6.07, 6.45) is 0.928. The smallest absolute Gasteiger partial charge is 0.278 e. The van der Waals surface area contributed by atoms with Gasteiger partial charge in [-0.15, -0.1) is 0 Å². The third-order valence-electron chi connectivity index (χ3n) is 6.01. The molecule has 0 saturated carbocycles. The maximum absolute atomic E-state index is 13.9. The van der Waals surface area contributed by atoms with E-state index in [0.29, 0.717) is 43.1 Å². The Balaban J connectivity index is 1.65. The number of rotatable bonds is 9. The Morgan fingerprint density at radius 1 is 0.947 bits per heavy atom. The molecular weight excluding hydrogens is 535 g/mol. The van der Waals surface area contributed by atoms with Crippen LogP contribution in [-0.2, 0) is 6.42 Å². The number of thiazole rings is 1. The van der Waals surface area contributed by atoms with Crippen LogP contribution in [0.25, 0.3) is 21.7 Å². The van der Waals surface area contributed by atoms with Crippen LogP contribution in [0.2, 0.25) is 0 Å². The molecular formula is C29H25N3O3S3. The molecule has 6 nitrogen and oxygen atoms in total. The largest absolute Gasteiger partial charge is 0.494 e. The molecule has 0 radical (unpaired) electrons. The minimum atomic E-state index is -0.228. The van der Waals surface area contributed by atoms with Crippen LogP contribution in [0, 0.1) is 3.95 Å². The van der Waals surface area contributed by atoms with E-state index in [-0.39, 0.29) is 17.1 Å². The van der Waals surface area contributed by atoms with Crippen LogP contribution in [0.15, 0.2) is 88.8 Å². The Bertz CT molecular complexity index is 1700. The first kappa shape index (κ1) is 26.1. The second-order valence-corrected chi connectivity index (χ2v) is 11.0. The third-order valence-corrected chi connectivity index (χ3v) is 8.30. The summed E-state index contributed by atoms with van der Waals surface area (Å²) in [6.45, 7) is 4.57. The van der Waals surface area contributed by atoms with Crippen molar-refractivity contribution in [2.45, 2.75) is 25.4 Å². The Morgan fingerprint density at radius 2 is 1.61 bits per heavy atom. The number of carbonyl (C=O) groups is 1. The van der Waals surface area contributed by atoms with E-state index in [0.717, 1.165) is 12.1 Å². The monoisotopic (exact) mass is 559 g/mol. The highest BCUT2D eigenvalue weighted by Gasteiger charge is 2.20. The van der Waals surface area contributed by atoms with Gasteiger partial charge in [0.05, 0.1) is 18.0 Å². The summed E-state index contributed by atoms with van der Waals surface area (Å²) in [5.41, 5.74) is 3.58. The number of fused-ring (bicyclic) bond motifs is 1. The van der Waals surface area contributed by atoms with Crippen molar-refractivity contribution in [3.63, 3.8) is 0 Å². The maximum atomic E-state index is 13.9. The van der Waals surface area contributed by atoms with Crippen LogP contribution in [0.5, 0.6) is 5.75 Å². The zero-order valence-corrected chi connectivity index (χ0v) is 23.4. The summed E-state index contributed by atoms with van der Waals surface area (Å²) >= 11 is 8.17. The van der Waals surface area contributed by atoms with Gasteiger partial charge in [-0.05, 0) is 67.5 Å². The van der Waals surface area contributed by atoms with Gasteiger partial charge in [-0.25, -0.2) is 4.98 Å². The molecule has 0 saturated heterocycles. The number of thioether (sulfide) groups is 1. The van der Waals surface area contributed by atoms with Crippen molar-refractivity contribution in [2.24, 2.45) is 0 Å². The number of aromatic nitrogens is 3. The lowest BCUT2D eigenvalue weighted by atomic mass is 10.1. The molecule has 0 unspecified atom stereocenters. The average Bonchev–Trinajstić information content (AvgIpc) is 3.29. The van der Waals surface area contributed by atoms with Crippen molar-refractivity contribution >= 4 is 51.4 Å². The summed E-state index contributed by atoms with van der Waals surface area (Å²) in [7, 11) is 0. The van der Waals surface area contributed by atoms with E-state index in [1.807, 2.05) is 66.1 Å². The van der Waals surface area contributed by atoms with Crippen LogP contribution in [0.3, 0.4) is 0 Å². The minimum absolute atomic E-state index is 0.0412. The van der Waals surface area contributed by atoms with Gasteiger partial charge in [-0.1, -0.05) is 72.5 Å². The average molecular weight is 560 g/mol. The van der Waals surface area contributed by atoms with E-state index in [1.54, 1.807) is 16.7 Å². The third kappa shape index (κ3) is 5.22. The first-order chi connectivity index (χ1) is 18.5. The molecule has 3 aromatic carbocycles. The zero-order chi connectivity index (χ0) is 26.6. The molecule has 0 atom stereocenters. The molecule has 38 heavy (non-hydrogen) atoms. The van der Waals surface area contributed by atoms with Crippen molar-refractivity contribution in [3.05, 3.63) is 104 Å². The predicted molar refractivity (Wildman–Crippen MR) is 157 cm³/mol. The quantitative estimate of drug-likeness (QED) is 0.0847. The van der Waals surface area contributed by atoms with E-state index in [4.69, 9.17) is 21.9 Å². The molecule has 2 heterocycles. The molecule has 0 aliphatic carbocycles. The number of benzene rings is 3. The Hall–Kier alpha value is -3.53. The van der Waals surface area contributed by atoms with Crippen molar-refractivity contribution in [2.75, 3.05) is 12.4 Å². The van der Waals surface area contributed by atoms with Crippen molar-refractivity contribution in [1.82, 2.24) is 14.1 Å². The Labute approximate surface area is 233 Å². The van der Waals surface area contributed by atoms with Gasteiger partial charge in [0, 0.05) is 11.3 Å².